The van der Waals surface area contributed by atoms with Crippen molar-refractivity contribution in [2.24, 2.45) is 0 Å². The number of nitrogens with zero attached hydrogens (tertiary/aromatic N) is 3. The number of hydrogen-bond acceptors (Lipinski definition) is 6. The Hall–Kier alpha value is -1.30. The lowest BCUT2D eigenvalue weighted by atomic mass is 10.3. The van der Waals surface area contributed by atoms with Crippen LogP contribution in [0, 0.1) is 0 Å². The van der Waals surface area contributed by atoms with Gasteiger partial charge in [0.05, 0.1) is 12.6 Å². The summed E-state index contributed by atoms with van der Waals surface area (Å²) in [6.07, 6.45) is 0. The van der Waals surface area contributed by atoms with Crippen molar-refractivity contribution >= 4 is 12.0 Å². The van der Waals surface area contributed by atoms with E-state index in [2.05, 4.69) is 10.2 Å². The molecule has 0 saturated heterocycles. The van der Waals surface area contributed by atoms with E-state index in [4.69, 9.17) is 14.9 Å². The molecule has 0 bridgehead atoms. The molecule has 0 aliphatic carbocycles. The topological polar surface area (TPSA) is 77.4 Å². The molecule has 0 aliphatic rings. The summed E-state index contributed by atoms with van der Waals surface area (Å²) in [6.45, 7) is 5.40. The van der Waals surface area contributed by atoms with Gasteiger partial charge in [-0.2, -0.15) is 0 Å². The minimum atomic E-state index is 0.0862. The van der Waals surface area contributed by atoms with Gasteiger partial charge < -0.3 is 19.8 Å². The van der Waals surface area contributed by atoms with E-state index < -0.39 is 0 Å². The third-order valence-electron chi connectivity index (χ3n) is 1.96. The van der Waals surface area contributed by atoms with Gasteiger partial charge in [-0.25, -0.2) is 0 Å². The third kappa shape index (κ3) is 2.35. The van der Waals surface area contributed by atoms with Crippen LogP contribution in [0.2, 0.25) is 0 Å². The van der Waals surface area contributed by atoms with Gasteiger partial charge in [0.15, 0.2) is 0 Å². The van der Waals surface area contributed by atoms with Gasteiger partial charge in [-0.05, 0) is 13.8 Å². The first-order valence-electron chi connectivity index (χ1n) is 4.53. The van der Waals surface area contributed by atoms with E-state index in [-0.39, 0.29) is 12.1 Å². The lowest BCUT2D eigenvalue weighted by molar-refractivity contribution is 0.180. The standard InChI is InChI=1S/C8H16N4O2/c1-4-12(6(2)5-13-3)8-11-10-7(9)14-8/h6H,4-5H2,1-3H3,(H2,9,10). The summed E-state index contributed by atoms with van der Waals surface area (Å²) < 4.78 is 10.2. The lowest BCUT2D eigenvalue weighted by Crippen LogP contribution is -2.36. The summed E-state index contributed by atoms with van der Waals surface area (Å²) in [4.78, 5) is 1.94. The minimum Gasteiger partial charge on any atom is -0.390 e. The van der Waals surface area contributed by atoms with E-state index in [1.807, 2.05) is 18.7 Å². The smallest absolute Gasteiger partial charge is 0.319 e. The second-order valence-corrected chi connectivity index (χ2v) is 3.01. The van der Waals surface area contributed by atoms with Gasteiger partial charge in [0, 0.05) is 13.7 Å². The first-order chi connectivity index (χ1) is 6.69. The fraction of sp³-hybridized carbons (Fsp3) is 0.750. The zero-order valence-corrected chi connectivity index (χ0v) is 8.73. The Morgan fingerprint density at radius 3 is 2.71 bits per heavy atom. The van der Waals surface area contributed by atoms with Gasteiger partial charge >= 0.3 is 12.0 Å². The largest absolute Gasteiger partial charge is 0.390 e. The number of ether oxygens (including phenoxy) is 1. The normalized spacial score (nSPS) is 12.8. The van der Waals surface area contributed by atoms with E-state index in [0.29, 0.717) is 12.6 Å². The molecule has 1 aromatic heterocycles. The molecule has 1 atom stereocenters. The molecular formula is C8H16N4O2. The number of anilines is 2. The van der Waals surface area contributed by atoms with Crippen LogP contribution < -0.4 is 10.6 Å². The van der Waals surface area contributed by atoms with Crippen molar-refractivity contribution in [2.45, 2.75) is 19.9 Å². The van der Waals surface area contributed by atoms with Crippen LogP contribution >= 0.6 is 0 Å². The summed E-state index contributed by atoms with van der Waals surface area (Å²) in [5, 5.41) is 7.43. The van der Waals surface area contributed by atoms with E-state index in [9.17, 15) is 0 Å². The summed E-state index contributed by atoms with van der Waals surface area (Å²) in [7, 11) is 1.66. The molecule has 1 rings (SSSR count). The van der Waals surface area contributed by atoms with Crippen molar-refractivity contribution < 1.29 is 9.15 Å². The Balaban J connectivity index is 2.71. The molecule has 1 unspecified atom stereocenters. The highest BCUT2D eigenvalue weighted by Crippen LogP contribution is 2.15. The SMILES string of the molecule is CCN(c1nnc(N)o1)C(C)COC. The molecule has 0 spiro atoms. The highest BCUT2D eigenvalue weighted by molar-refractivity contribution is 5.28. The molecule has 0 radical (unpaired) electrons. The number of nitrogens with two attached hydrogens (primary N) is 1. The molecular weight excluding hydrogens is 184 g/mol. The Morgan fingerprint density at radius 1 is 1.57 bits per heavy atom. The molecule has 0 aliphatic heterocycles. The third-order valence-corrected chi connectivity index (χ3v) is 1.96. The summed E-state index contributed by atoms with van der Waals surface area (Å²) >= 11 is 0. The molecule has 6 heteroatoms. The van der Waals surface area contributed by atoms with Gasteiger partial charge in [0.2, 0.25) is 0 Å². The van der Waals surface area contributed by atoms with Crippen LogP contribution in [-0.2, 0) is 4.74 Å². The maximum absolute atomic E-state index is 5.35. The highest BCUT2D eigenvalue weighted by Gasteiger charge is 2.17. The van der Waals surface area contributed by atoms with Crippen LogP contribution in [0.3, 0.4) is 0 Å². The second kappa shape index (κ2) is 4.80. The fourth-order valence-electron chi connectivity index (χ4n) is 1.31. The Labute approximate surface area is 83.0 Å². The average Bonchev–Trinajstić information content (AvgIpc) is 2.54. The van der Waals surface area contributed by atoms with Crippen molar-refractivity contribution in [3.8, 4) is 0 Å². The highest BCUT2D eigenvalue weighted by atomic mass is 16.5. The van der Waals surface area contributed by atoms with Crippen LogP contribution in [0.1, 0.15) is 13.8 Å². The lowest BCUT2D eigenvalue weighted by Gasteiger charge is -2.24. The average molecular weight is 200 g/mol. The van der Waals surface area contributed by atoms with Crippen LogP contribution in [0.15, 0.2) is 4.42 Å². The number of likely N-dealkylation sites (N-methyl/N-ethyl adjacent to an activating group) is 1. The van der Waals surface area contributed by atoms with Gasteiger partial charge in [-0.3, -0.25) is 0 Å². The Bertz CT molecular complexity index is 276. The van der Waals surface area contributed by atoms with Crippen LogP contribution in [0.5, 0.6) is 0 Å². The van der Waals surface area contributed by atoms with Crippen LogP contribution in [0.25, 0.3) is 0 Å². The zero-order chi connectivity index (χ0) is 10.6. The fourth-order valence-corrected chi connectivity index (χ4v) is 1.31. The molecule has 1 aromatic rings. The maximum Gasteiger partial charge on any atom is 0.319 e. The van der Waals surface area contributed by atoms with Gasteiger partial charge in [-0.15, -0.1) is 0 Å². The molecule has 1 heterocycles. The van der Waals surface area contributed by atoms with E-state index in [1.165, 1.54) is 0 Å². The van der Waals surface area contributed by atoms with Crippen molar-refractivity contribution in [3.05, 3.63) is 0 Å². The zero-order valence-electron chi connectivity index (χ0n) is 8.73. The van der Waals surface area contributed by atoms with Crippen LogP contribution in [-0.4, -0.2) is 36.5 Å². The first kappa shape index (κ1) is 10.8. The Kier molecular flexibility index (Phi) is 3.70. The molecule has 2 N–H and O–H groups in total. The molecule has 0 saturated carbocycles. The number of hydrogen-bond donors (Lipinski definition) is 1. The van der Waals surface area contributed by atoms with Crippen molar-refractivity contribution in [1.29, 1.82) is 0 Å². The van der Waals surface area contributed by atoms with E-state index >= 15 is 0 Å². The number of aromatic nitrogens is 2. The monoisotopic (exact) mass is 200 g/mol. The van der Waals surface area contributed by atoms with E-state index in [1.54, 1.807) is 7.11 Å². The molecule has 80 valence electrons. The number of methoxy groups -OCH3 is 1. The number of nitrogen functional groups attached to an aromatic ring is 1. The summed E-state index contributed by atoms with van der Waals surface area (Å²) in [6, 6.07) is 0.711. The van der Waals surface area contributed by atoms with Crippen molar-refractivity contribution in [3.63, 3.8) is 0 Å². The molecule has 0 aromatic carbocycles. The van der Waals surface area contributed by atoms with Crippen LogP contribution in [0.4, 0.5) is 12.0 Å². The Morgan fingerprint density at radius 2 is 2.29 bits per heavy atom. The second-order valence-electron chi connectivity index (χ2n) is 3.01. The van der Waals surface area contributed by atoms with Gasteiger partial charge in [0.1, 0.15) is 0 Å². The van der Waals surface area contributed by atoms with Crippen molar-refractivity contribution in [1.82, 2.24) is 10.2 Å². The quantitative estimate of drug-likeness (QED) is 0.746. The predicted octanol–water partition coefficient (Wildman–Crippen LogP) is 0.513. The van der Waals surface area contributed by atoms with Gasteiger partial charge in [0.25, 0.3) is 0 Å². The number of rotatable bonds is 5. The molecule has 0 fully saturated rings. The molecule has 14 heavy (non-hydrogen) atoms. The van der Waals surface area contributed by atoms with E-state index in [0.717, 1.165) is 6.54 Å². The van der Waals surface area contributed by atoms with Crippen molar-refractivity contribution in [2.75, 3.05) is 30.9 Å². The molecule has 6 nitrogen and oxygen atoms in total. The predicted molar refractivity (Wildman–Crippen MR) is 53.1 cm³/mol. The van der Waals surface area contributed by atoms with Gasteiger partial charge in [-0.1, -0.05) is 10.2 Å². The maximum atomic E-state index is 5.35. The summed E-state index contributed by atoms with van der Waals surface area (Å²) in [5.74, 6) is 0. The first-order valence-corrected chi connectivity index (χ1v) is 4.53. The summed E-state index contributed by atoms with van der Waals surface area (Å²) in [5.41, 5.74) is 5.35. The minimum absolute atomic E-state index is 0.0862. The molecule has 0 amide bonds.